The minimum atomic E-state index is -0.657. The predicted octanol–water partition coefficient (Wildman–Crippen LogP) is 3.58. The van der Waals surface area contributed by atoms with Gasteiger partial charge in [0.15, 0.2) is 5.82 Å². The first-order valence-electron chi connectivity index (χ1n) is 12.1. The van der Waals surface area contributed by atoms with Crippen molar-refractivity contribution in [2.45, 2.75) is 51.0 Å². The fourth-order valence-electron chi connectivity index (χ4n) is 4.58. The fraction of sp³-hybridized carbons (Fsp3) is 0.440. The third kappa shape index (κ3) is 5.61. The van der Waals surface area contributed by atoms with Crippen molar-refractivity contribution in [3.05, 3.63) is 64.8 Å². The summed E-state index contributed by atoms with van der Waals surface area (Å²) in [5.74, 6) is 1.87. The summed E-state index contributed by atoms with van der Waals surface area (Å²) in [5, 5.41) is 22.6. The summed E-state index contributed by atoms with van der Waals surface area (Å²) in [6.07, 6.45) is 3.05. The van der Waals surface area contributed by atoms with Gasteiger partial charge >= 0.3 is 6.03 Å². The Morgan fingerprint density at radius 1 is 1.19 bits per heavy atom. The molecule has 11 heteroatoms. The maximum absolute atomic E-state index is 13.2. The molecule has 190 valence electrons. The van der Waals surface area contributed by atoms with Crippen molar-refractivity contribution in [3.63, 3.8) is 0 Å². The summed E-state index contributed by atoms with van der Waals surface area (Å²) < 4.78 is 13.2. The zero-order valence-electron chi connectivity index (χ0n) is 20.0. The second kappa shape index (κ2) is 10.8. The van der Waals surface area contributed by atoms with Crippen LogP contribution < -0.4 is 10.1 Å². The topological polar surface area (TPSA) is 115 Å². The van der Waals surface area contributed by atoms with Crippen LogP contribution in [0.1, 0.15) is 42.5 Å². The lowest BCUT2D eigenvalue weighted by atomic mass is 10.1. The normalized spacial score (nSPS) is 20.5. The van der Waals surface area contributed by atoms with Crippen LogP contribution in [-0.2, 0) is 11.3 Å². The molecule has 2 N–H and O–H groups in total. The van der Waals surface area contributed by atoms with Gasteiger partial charge in [-0.15, -0.1) is 10.2 Å². The maximum atomic E-state index is 13.2. The number of hydrogen-bond donors (Lipinski definition) is 2. The van der Waals surface area contributed by atoms with E-state index in [1.807, 2.05) is 35.8 Å². The van der Waals surface area contributed by atoms with E-state index in [4.69, 9.17) is 21.1 Å². The third-order valence-electron chi connectivity index (χ3n) is 6.50. The van der Waals surface area contributed by atoms with Crippen LogP contribution in [0.25, 0.3) is 0 Å². The van der Waals surface area contributed by atoms with Gasteiger partial charge in [0.1, 0.15) is 11.9 Å². The Morgan fingerprint density at radius 2 is 1.97 bits per heavy atom. The first kappa shape index (κ1) is 24.5. The van der Waals surface area contributed by atoms with Crippen LogP contribution in [-0.4, -0.2) is 67.8 Å². The van der Waals surface area contributed by atoms with Gasteiger partial charge in [-0.1, -0.05) is 23.7 Å². The Bertz CT molecular complexity index is 1180. The number of aliphatic hydroxyl groups is 1. The lowest BCUT2D eigenvalue weighted by molar-refractivity contribution is 0.0237. The molecule has 0 aliphatic carbocycles. The van der Waals surface area contributed by atoms with Crippen LogP contribution in [0.5, 0.6) is 5.88 Å². The monoisotopic (exact) mass is 512 g/mol. The van der Waals surface area contributed by atoms with Gasteiger partial charge in [0, 0.05) is 36.9 Å². The number of carbonyl (C=O) groups excluding carboxylic acids is 1. The van der Waals surface area contributed by atoms with Gasteiger partial charge in [-0.05, 0) is 30.7 Å². The predicted molar refractivity (Wildman–Crippen MR) is 133 cm³/mol. The molecule has 1 aromatic carbocycles. The molecule has 2 amide bonds. The number of nitrogens with one attached hydrogen (secondary N) is 1. The molecule has 0 spiro atoms. The molecule has 0 bridgehead atoms. The number of ether oxygens (including phenoxy) is 2. The number of aryl methyl sites for hydroxylation is 1. The van der Waals surface area contributed by atoms with E-state index in [2.05, 4.69) is 20.5 Å². The smallest absolute Gasteiger partial charge is 0.322 e. The summed E-state index contributed by atoms with van der Waals surface area (Å²) in [6, 6.07) is 10.3. The molecule has 2 aromatic heterocycles. The number of aliphatic hydroxyl groups excluding tert-OH is 1. The van der Waals surface area contributed by atoms with Gasteiger partial charge in [-0.2, -0.15) is 0 Å². The highest BCUT2D eigenvalue weighted by atomic mass is 35.5. The van der Waals surface area contributed by atoms with E-state index >= 15 is 0 Å². The number of halogens is 1. The van der Waals surface area contributed by atoms with Crippen LogP contribution >= 0.6 is 11.6 Å². The molecule has 3 aromatic rings. The second-order valence-corrected chi connectivity index (χ2v) is 9.56. The van der Waals surface area contributed by atoms with Gasteiger partial charge < -0.3 is 29.4 Å². The summed E-state index contributed by atoms with van der Waals surface area (Å²) >= 11 is 6.02. The molecule has 36 heavy (non-hydrogen) atoms. The highest BCUT2D eigenvalue weighted by molar-refractivity contribution is 6.30. The average molecular weight is 513 g/mol. The first-order valence-corrected chi connectivity index (χ1v) is 12.4. The fourth-order valence-corrected chi connectivity index (χ4v) is 4.70. The van der Waals surface area contributed by atoms with Gasteiger partial charge in [0.2, 0.25) is 5.88 Å². The number of pyridine rings is 1. The molecular weight excluding hydrogens is 484 g/mol. The first-order chi connectivity index (χ1) is 17.5. The number of β-amino-alcohol motifs (C(OH)–C–C–N with tert-alkyl or cyclic N) is 1. The minimum Gasteiger partial charge on any atom is -0.474 e. The molecule has 10 nitrogen and oxygen atoms in total. The Balaban J connectivity index is 1.28. The van der Waals surface area contributed by atoms with Crippen molar-refractivity contribution in [2.75, 3.05) is 25.1 Å². The van der Waals surface area contributed by atoms with E-state index < -0.39 is 12.1 Å². The average Bonchev–Trinajstić information content (AvgIpc) is 3.44. The molecule has 0 unspecified atom stereocenters. The number of anilines is 1. The Kier molecular flexibility index (Phi) is 7.35. The molecule has 2 saturated heterocycles. The molecular formula is C25H29ClN6O4. The number of likely N-dealkylation sites (tertiary alicyclic amines) is 1. The summed E-state index contributed by atoms with van der Waals surface area (Å²) in [7, 11) is 0. The SMILES string of the molecule is Cc1nnc([C@H]2C[C@@H](O)CN2C(=O)Nc2ccc(OC3CCOCC3)nc2)n1Cc1ccc(Cl)cc1. The van der Waals surface area contributed by atoms with E-state index in [0.717, 1.165) is 24.2 Å². The number of benzene rings is 1. The van der Waals surface area contributed by atoms with E-state index in [0.29, 0.717) is 48.6 Å². The lowest BCUT2D eigenvalue weighted by Gasteiger charge is -2.25. The van der Waals surface area contributed by atoms with Crippen LogP contribution in [0, 0.1) is 6.92 Å². The quantitative estimate of drug-likeness (QED) is 0.518. The zero-order chi connectivity index (χ0) is 25.1. The lowest BCUT2D eigenvalue weighted by Crippen LogP contribution is -2.36. The number of hydrogen-bond acceptors (Lipinski definition) is 7. The van der Waals surface area contributed by atoms with Crippen LogP contribution in [0.3, 0.4) is 0 Å². The molecule has 2 aliphatic heterocycles. The van der Waals surface area contributed by atoms with Crippen molar-refractivity contribution < 1.29 is 19.4 Å². The van der Waals surface area contributed by atoms with Gasteiger partial charge in [-0.3, -0.25) is 0 Å². The van der Waals surface area contributed by atoms with Crippen molar-refractivity contribution in [3.8, 4) is 5.88 Å². The van der Waals surface area contributed by atoms with Crippen molar-refractivity contribution in [1.29, 1.82) is 0 Å². The van der Waals surface area contributed by atoms with Crippen molar-refractivity contribution in [1.82, 2.24) is 24.6 Å². The number of urea groups is 1. The standard InChI is InChI=1S/C25H29ClN6O4/c1-16-29-30-24(31(16)14-17-2-4-18(26)5-3-17)22-12-20(33)15-32(22)25(34)28-19-6-7-23(27-13-19)36-21-8-10-35-11-9-21/h2-7,13,20-22,33H,8-12,14-15H2,1H3,(H,28,34)/t20-,22-/m1/s1. The third-order valence-corrected chi connectivity index (χ3v) is 6.75. The number of amides is 2. The second-order valence-electron chi connectivity index (χ2n) is 9.12. The van der Waals surface area contributed by atoms with Crippen LogP contribution in [0.15, 0.2) is 42.6 Å². The van der Waals surface area contributed by atoms with Gasteiger partial charge in [0.25, 0.3) is 0 Å². The maximum Gasteiger partial charge on any atom is 0.322 e. The van der Waals surface area contributed by atoms with E-state index in [-0.39, 0.29) is 18.7 Å². The Hall–Kier alpha value is -3.21. The number of carbonyl (C=O) groups is 1. The Morgan fingerprint density at radius 3 is 2.69 bits per heavy atom. The number of nitrogens with zero attached hydrogens (tertiary/aromatic N) is 5. The largest absolute Gasteiger partial charge is 0.474 e. The highest BCUT2D eigenvalue weighted by Crippen LogP contribution is 2.32. The van der Waals surface area contributed by atoms with Gasteiger partial charge in [-0.25, -0.2) is 9.78 Å². The van der Waals surface area contributed by atoms with E-state index in [1.165, 1.54) is 0 Å². The van der Waals surface area contributed by atoms with Gasteiger partial charge in [0.05, 0.1) is 43.8 Å². The van der Waals surface area contributed by atoms with Crippen LogP contribution in [0.2, 0.25) is 5.02 Å². The van der Waals surface area contributed by atoms with Crippen LogP contribution in [0.4, 0.5) is 10.5 Å². The Labute approximate surface area is 214 Å². The summed E-state index contributed by atoms with van der Waals surface area (Å²) in [5.41, 5.74) is 1.57. The van der Waals surface area contributed by atoms with E-state index in [9.17, 15) is 9.90 Å². The summed E-state index contributed by atoms with van der Waals surface area (Å²) in [6.45, 7) is 3.98. The van der Waals surface area contributed by atoms with Crippen molar-refractivity contribution >= 4 is 23.3 Å². The highest BCUT2D eigenvalue weighted by Gasteiger charge is 2.38. The summed E-state index contributed by atoms with van der Waals surface area (Å²) in [4.78, 5) is 19.1. The molecule has 0 saturated carbocycles. The van der Waals surface area contributed by atoms with E-state index in [1.54, 1.807) is 23.2 Å². The molecule has 2 aliphatic rings. The minimum absolute atomic E-state index is 0.0900. The number of aromatic nitrogens is 4. The molecule has 0 radical (unpaired) electrons. The molecule has 2 fully saturated rings. The zero-order valence-corrected chi connectivity index (χ0v) is 20.8. The number of rotatable bonds is 6. The molecule has 2 atom stereocenters. The van der Waals surface area contributed by atoms with Crippen molar-refractivity contribution in [2.24, 2.45) is 0 Å². The molecule has 5 rings (SSSR count). The molecule has 4 heterocycles.